The lowest BCUT2D eigenvalue weighted by Gasteiger charge is -2.31. The van der Waals surface area contributed by atoms with Crippen molar-refractivity contribution >= 4 is 0 Å². The first-order valence-corrected chi connectivity index (χ1v) is 5.92. The molecule has 0 fully saturated rings. The van der Waals surface area contributed by atoms with Gasteiger partial charge in [0, 0.05) is 6.54 Å². The lowest BCUT2D eigenvalue weighted by molar-refractivity contribution is 0.214. The maximum Gasteiger partial charge on any atom is 0.0157 e. The Bertz CT molecular complexity index is 194. The Balaban J connectivity index is 3.99. The van der Waals surface area contributed by atoms with E-state index in [9.17, 15) is 0 Å². The van der Waals surface area contributed by atoms with Crippen LogP contribution in [0.4, 0.5) is 0 Å². The second-order valence-electron chi connectivity index (χ2n) is 6.84. The number of rotatable bonds is 5. The zero-order chi connectivity index (χ0) is 12.1. The first-order valence-electron chi connectivity index (χ1n) is 5.92. The van der Waals surface area contributed by atoms with Crippen molar-refractivity contribution in [3.63, 3.8) is 0 Å². The van der Waals surface area contributed by atoms with Gasteiger partial charge in [0.1, 0.15) is 0 Å². The molecule has 0 spiro atoms. The fraction of sp³-hybridized carbons (Fsp3) is 0.857. The van der Waals surface area contributed by atoms with E-state index in [-0.39, 0.29) is 0 Å². The van der Waals surface area contributed by atoms with Gasteiger partial charge in [-0.1, -0.05) is 46.8 Å². The molecule has 0 saturated heterocycles. The number of hydrogen-bond acceptors (Lipinski definition) is 1. The van der Waals surface area contributed by atoms with Crippen molar-refractivity contribution in [3.8, 4) is 0 Å². The zero-order valence-electron chi connectivity index (χ0n) is 11.7. The first kappa shape index (κ1) is 14.7. The Morgan fingerprint density at radius 1 is 0.933 bits per heavy atom. The van der Waals surface area contributed by atoms with Gasteiger partial charge in [-0.05, 0) is 37.8 Å². The molecule has 0 radical (unpaired) electrons. The lowest BCUT2D eigenvalue weighted by Crippen LogP contribution is -2.20. The van der Waals surface area contributed by atoms with Gasteiger partial charge in [-0.15, -0.1) is 0 Å². The van der Waals surface area contributed by atoms with E-state index in [1.54, 1.807) is 0 Å². The number of hydrogen-bond donors (Lipinski definition) is 0. The Hall–Kier alpha value is -0.300. The quantitative estimate of drug-likeness (QED) is 0.622. The fourth-order valence-corrected chi connectivity index (χ4v) is 2.20. The second kappa shape index (κ2) is 5.69. The largest absolute Gasteiger partial charge is 0.306 e. The van der Waals surface area contributed by atoms with Crippen molar-refractivity contribution in [2.45, 2.75) is 47.5 Å². The highest BCUT2D eigenvalue weighted by Crippen LogP contribution is 2.35. The summed E-state index contributed by atoms with van der Waals surface area (Å²) in [7, 11) is 4.20. The van der Waals surface area contributed by atoms with Crippen LogP contribution in [0.1, 0.15) is 47.5 Å². The molecule has 15 heavy (non-hydrogen) atoms. The van der Waals surface area contributed by atoms with Crippen molar-refractivity contribution in [1.29, 1.82) is 0 Å². The van der Waals surface area contributed by atoms with Crippen LogP contribution in [-0.2, 0) is 0 Å². The van der Waals surface area contributed by atoms with Crippen LogP contribution in [0.5, 0.6) is 0 Å². The minimum absolute atomic E-state index is 0.418. The van der Waals surface area contributed by atoms with Crippen LogP contribution in [0.3, 0.4) is 0 Å². The standard InChI is InChI=1S/C14H29N/c1-13(2,3)12-14(4,5)10-8-9-11-15(6)7/h8-9H,10-12H2,1-7H3. The summed E-state index contributed by atoms with van der Waals surface area (Å²) in [6, 6.07) is 0. The molecule has 0 atom stereocenters. The van der Waals surface area contributed by atoms with Gasteiger partial charge in [-0.3, -0.25) is 0 Å². The molecular weight excluding hydrogens is 182 g/mol. The van der Waals surface area contributed by atoms with E-state index < -0.39 is 0 Å². The van der Waals surface area contributed by atoms with Crippen LogP contribution in [0, 0.1) is 10.8 Å². The van der Waals surface area contributed by atoms with E-state index in [0.717, 1.165) is 6.54 Å². The zero-order valence-corrected chi connectivity index (χ0v) is 11.7. The molecule has 0 N–H and O–H groups in total. The van der Waals surface area contributed by atoms with Crippen molar-refractivity contribution in [3.05, 3.63) is 12.2 Å². The van der Waals surface area contributed by atoms with Crippen LogP contribution in [-0.4, -0.2) is 25.5 Å². The van der Waals surface area contributed by atoms with Crippen molar-refractivity contribution in [2.24, 2.45) is 10.8 Å². The molecule has 1 nitrogen and oxygen atoms in total. The molecule has 0 bridgehead atoms. The van der Waals surface area contributed by atoms with Gasteiger partial charge < -0.3 is 4.90 Å². The number of nitrogens with zero attached hydrogens (tertiary/aromatic N) is 1. The smallest absolute Gasteiger partial charge is 0.0157 e. The molecule has 0 rings (SSSR count). The van der Waals surface area contributed by atoms with E-state index in [1.165, 1.54) is 12.8 Å². The van der Waals surface area contributed by atoms with E-state index in [2.05, 4.69) is 65.8 Å². The molecular formula is C14H29N. The predicted octanol–water partition coefficient (Wildman–Crippen LogP) is 3.96. The molecule has 0 aromatic heterocycles. The highest BCUT2D eigenvalue weighted by Gasteiger charge is 2.23. The molecule has 0 aliphatic carbocycles. The molecule has 1 heteroatoms. The second-order valence-corrected chi connectivity index (χ2v) is 6.84. The van der Waals surface area contributed by atoms with Gasteiger partial charge in [0.2, 0.25) is 0 Å². The normalized spacial score (nSPS) is 14.1. The highest BCUT2D eigenvalue weighted by molar-refractivity contribution is 4.90. The Morgan fingerprint density at radius 2 is 1.47 bits per heavy atom. The molecule has 0 aromatic carbocycles. The van der Waals surface area contributed by atoms with Gasteiger partial charge in [0.15, 0.2) is 0 Å². The molecule has 0 aliphatic rings. The fourth-order valence-electron chi connectivity index (χ4n) is 2.20. The summed E-state index contributed by atoms with van der Waals surface area (Å²) in [6.07, 6.45) is 7.04. The van der Waals surface area contributed by atoms with Gasteiger partial charge in [0.05, 0.1) is 0 Å². The number of likely N-dealkylation sites (N-methyl/N-ethyl adjacent to an activating group) is 1. The molecule has 90 valence electrons. The molecule has 0 aromatic rings. The summed E-state index contributed by atoms with van der Waals surface area (Å²) in [4.78, 5) is 2.19. The van der Waals surface area contributed by atoms with Crippen LogP contribution < -0.4 is 0 Å². The van der Waals surface area contributed by atoms with Crippen molar-refractivity contribution in [1.82, 2.24) is 4.90 Å². The average Bonchev–Trinajstić information content (AvgIpc) is 1.93. The summed E-state index contributed by atoms with van der Waals surface area (Å²) >= 11 is 0. The summed E-state index contributed by atoms with van der Waals surface area (Å²) in [5, 5.41) is 0. The predicted molar refractivity (Wildman–Crippen MR) is 70.2 cm³/mol. The molecule has 0 unspecified atom stereocenters. The Morgan fingerprint density at radius 3 is 1.87 bits per heavy atom. The minimum Gasteiger partial charge on any atom is -0.306 e. The maximum atomic E-state index is 2.36. The van der Waals surface area contributed by atoms with E-state index >= 15 is 0 Å². The average molecular weight is 211 g/mol. The monoisotopic (exact) mass is 211 g/mol. The Labute approximate surface area is 96.6 Å². The van der Waals surface area contributed by atoms with Crippen LogP contribution in [0.15, 0.2) is 12.2 Å². The van der Waals surface area contributed by atoms with E-state index in [0.29, 0.717) is 10.8 Å². The van der Waals surface area contributed by atoms with E-state index in [4.69, 9.17) is 0 Å². The molecule has 0 aliphatic heterocycles. The molecule has 0 amide bonds. The summed E-state index contributed by atoms with van der Waals surface area (Å²) in [5.41, 5.74) is 0.847. The third-order valence-electron chi connectivity index (χ3n) is 2.32. The minimum atomic E-state index is 0.418. The van der Waals surface area contributed by atoms with Crippen LogP contribution in [0.25, 0.3) is 0 Å². The Kier molecular flexibility index (Phi) is 5.58. The third kappa shape index (κ3) is 9.99. The number of allylic oxidation sites excluding steroid dienone is 1. The third-order valence-corrected chi connectivity index (χ3v) is 2.32. The van der Waals surface area contributed by atoms with Crippen LogP contribution in [0.2, 0.25) is 0 Å². The van der Waals surface area contributed by atoms with Crippen molar-refractivity contribution in [2.75, 3.05) is 20.6 Å². The highest BCUT2D eigenvalue weighted by atomic mass is 15.0. The van der Waals surface area contributed by atoms with Gasteiger partial charge in [-0.2, -0.15) is 0 Å². The summed E-state index contributed by atoms with van der Waals surface area (Å²) in [6.45, 7) is 12.7. The van der Waals surface area contributed by atoms with Crippen molar-refractivity contribution < 1.29 is 0 Å². The van der Waals surface area contributed by atoms with Gasteiger partial charge in [-0.25, -0.2) is 0 Å². The van der Waals surface area contributed by atoms with Crippen LogP contribution >= 0.6 is 0 Å². The maximum absolute atomic E-state index is 2.36. The molecule has 0 heterocycles. The first-order chi connectivity index (χ1) is 6.62. The lowest BCUT2D eigenvalue weighted by atomic mass is 9.74. The van der Waals surface area contributed by atoms with Gasteiger partial charge >= 0.3 is 0 Å². The molecule has 0 saturated carbocycles. The van der Waals surface area contributed by atoms with E-state index in [1.807, 2.05) is 0 Å². The topological polar surface area (TPSA) is 3.24 Å². The van der Waals surface area contributed by atoms with Gasteiger partial charge in [0.25, 0.3) is 0 Å². The SMILES string of the molecule is CN(C)CC=CCC(C)(C)CC(C)(C)C. The summed E-state index contributed by atoms with van der Waals surface area (Å²) < 4.78 is 0. The summed E-state index contributed by atoms with van der Waals surface area (Å²) in [5.74, 6) is 0.